The van der Waals surface area contributed by atoms with Gasteiger partial charge in [0.25, 0.3) is 0 Å². The Bertz CT molecular complexity index is 1110. The monoisotopic (exact) mass is 354 g/mol. The van der Waals surface area contributed by atoms with Crippen LogP contribution in [-0.2, 0) is 12.8 Å². The Morgan fingerprint density at radius 3 is 1.63 bits per heavy atom. The lowest BCUT2D eigenvalue weighted by molar-refractivity contribution is 0.322. The lowest BCUT2D eigenvalue weighted by Crippen LogP contribution is -1.94. The standard InChI is InChI=1S/C24H18O3/c1-3-7-17-15(5-1)13-21(23-19(17)9-11-25-23)27-22-14-16-6-2-4-8-18(16)20-10-12-26-24(20)22/h1-8,13-14H,9-12H2. The molecule has 4 aromatic carbocycles. The van der Waals surface area contributed by atoms with Gasteiger partial charge in [0.15, 0.2) is 23.0 Å². The normalized spacial score (nSPS) is 14.7. The number of benzene rings is 4. The van der Waals surface area contributed by atoms with Crippen molar-refractivity contribution in [3.63, 3.8) is 0 Å². The highest BCUT2D eigenvalue weighted by Crippen LogP contribution is 2.47. The fourth-order valence-corrected chi connectivity index (χ4v) is 4.34. The van der Waals surface area contributed by atoms with E-state index >= 15 is 0 Å². The molecule has 2 heterocycles. The van der Waals surface area contributed by atoms with Gasteiger partial charge in [0.1, 0.15) is 0 Å². The molecule has 3 heteroatoms. The van der Waals surface area contributed by atoms with Gasteiger partial charge >= 0.3 is 0 Å². The van der Waals surface area contributed by atoms with Crippen LogP contribution in [0.2, 0.25) is 0 Å². The molecule has 0 N–H and O–H groups in total. The first-order valence-corrected chi connectivity index (χ1v) is 9.41. The zero-order valence-electron chi connectivity index (χ0n) is 14.8. The van der Waals surface area contributed by atoms with Gasteiger partial charge < -0.3 is 14.2 Å². The maximum atomic E-state index is 6.43. The van der Waals surface area contributed by atoms with Crippen LogP contribution >= 0.6 is 0 Å². The summed E-state index contributed by atoms with van der Waals surface area (Å²) in [5.41, 5.74) is 2.47. The minimum Gasteiger partial charge on any atom is -0.489 e. The molecule has 2 aliphatic rings. The summed E-state index contributed by atoms with van der Waals surface area (Å²) in [6, 6.07) is 21.0. The molecule has 0 atom stereocenters. The third-order valence-corrected chi connectivity index (χ3v) is 5.56. The molecule has 0 amide bonds. The molecule has 27 heavy (non-hydrogen) atoms. The van der Waals surface area contributed by atoms with Crippen molar-refractivity contribution < 1.29 is 14.2 Å². The summed E-state index contributed by atoms with van der Waals surface area (Å²) < 4.78 is 18.3. The second-order valence-electron chi connectivity index (χ2n) is 7.11. The van der Waals surface area contributed by atoms with E-state index < -0.39 is 0 Å². The van der Waals surface area contributed by atoms with Crippen LogP contribution in [0.4, 0.5) is 0 Å². The molecule has 4 aromatic rings. The fraction of sp³-hybridized carbons (Fsp3) is 0.167. The van der Waals surface area contributed by atoms with E-state index in [1.165, 1.54) is 32.7 Å². The molecule has 6 rings (SSSR count). The van der Waals surface area contributed by atoms with Gasteiger partial charge in [0.05, 0.1) is 13.2 Å². The van der Waals surface area contributed by atoms with E-state index in [2.05, 4.69) is 60.7 Å². The van der Waals surface area contributed by atoms with Crippen molar-refractivity contribution in [3.8, 4) is 23.0 Å². The van der Waals surface area contributed by atoms with E-state index in [0.29, 0.717) is 13.2 Å². The molecule has 0 saturated carbocycles. The Morgan fingerprint density at radius 1 is 0.630 bits per heavy atom. The van der Waals surface area contributed by atoms with Gasteiger partial charge in [-0.3, -0.25) is 0 Å². The number of ether oxygens (including phenoxy) is 3. The Hall–Kier alpha value is -3.20. The van der Waals surface area contributed by atoms with Crippen LogP contribution in [-0.4, -0.2) is 13.2 Å². The second-order valence-corrected chi connectivity index (χ2v) is 7.11. The van der Waals surface area contributed by atoms with Crippen molar-refractivity contribution in [1.82, 2.24) is 0 Å². The average Bonchev–Trinajstić information content (AvgIpc) is 3.38. The zero-order valence-corrected chi connectivity index (χ0v) is 14.8. The lowest BCUT2D eigenvalue weighted by atomic mass is 10.0. The Morgan fingerprint density at radius 2 is 1.11 bits per heavy atom. The molecule has 0 unspecified atom stereocenters. The van der Waals surface area contributed by atoms with Crippen molar-refractivity contribution in [1.29, 1.82) is 0 Å². The van der Waals surface area contributed by atoms with Gasteiger partial charge in [-0.2, -0.15) is 0 Å². The van der Waals surface area contributed by atoms with Gasteiger partial charge in [-0.15, -0.1) is 0 Å². The Kier molecular flexibility index (Phi) is 3.12. The first kappa shape index (κ1) is 14.9. The summed E-state index contributed by atoms with van der Waals surface area (Å²) in [7, 11) is 0. The molecule has 0 aromatic heterocycles. The largest absolute Gasteiger partial charge is 0.489 e. The van der Waals surface area contributed by atoms with Crippen LogP contribution in [0, 0.1) is 0 Å². The van der Waals surface area contributed by atoms with E-state index in [1.54, 1.807) is 0 Å². The maximum absolute atomic E-state index is 6.43. The van der Waals surface area contributed by atoms with Crippen LogP contribution in [0.25, 0.3) is 21.5 Å². The van der Waals surface area contributed by atoms with Crippen LogP contribution in [0.5, 0.6) is 23.0 Å². The van der Waals surface area contributed by atoms with Crippen molar-refractivity contribution in [2.45, 2.75) is 12.8 Å². The molecule has 132 valence electrons. The molecule has 3 nitrogen and oxygen atoms in total. The van der Waals surface area contributed by atoms with Gasteiger partial charge in [0, 0.05) is 24.0 Å². The maximum Gasteiger partial charge on any atom is 0.170 e. The molecule has 0 spiro atoms. The zero-order chi connectivity index (χ0) is 17.8. The molecule has 0 radical (unpaired) electrons. The van der Waals surface area contributed by atoms with Crippen molar-refractivity contribution >= 4 is 21.5 Å². The van der Waals surface area contributed by atoms with Gasteiger partial charge in [-0.1, -0.05) is 48.5 Å². The lowest BCUT2D eigenvalue weighted by Gasteiger charge is -2.15. The van der Waals surface area contributed by atoms with E-state index in [1.807, 2.05) is 0 Å². The summed E-state index contributed by atoms with van der Waals surface area (Å²) in [5, 5.41) is 4.85. The van der Waals surface area contributed by atoms with E-state index in [0.717, 1.165) is 35.8 Å². The second kappa shape index (κ2) is 5.65. The van der Waals surface area contributed by atoms with E-state index in [4.69, 9.17) is 14.2 Å². The minimum absolute atomic E-state index is 0.700. The molecular formula is C24H18O3. The summed E-state index contributed by atoms with van der Waals surface area (Å²) in [4.78, 5) is 0. The summed E-state index contributed by atoms with van der Waals surface area (Å²) in [6.07, 6.45) is 1.83. The molecule has 0 fully saturated rings. The number of hydrogen-bond donors (Lipinski definition) is 0. The first-order chi connectivity index (χ1) is 13.4. The van der Waals surface area contributed by atoms with Crippen molar-refractivity contribution in [3.05, 3.63) is 71.8 Å². The van der Waals surface area contributed by atoms with Gasteiger partial charge in [-0.05, 0) is 33.7 Å². The highest BCUT2D eigenvalue weighted by Gasteiger charge is 2.25. The van der Waals surface area contributed by atoms with Gasteiger partial charge in [-0.25, -0.2) is 0 Å². The van der Waals surface area contributed by atoms with Crippen LogP contribution < -0.4 is 14.2 Å². The SMILES string of the molecule is c1ccc2c3c(c(Oc4cc5ccccc5c5c4OCC5)cc2c1)OCC3. The summed E-state index contributed by atoms with van der Waals surface area (Å²) >= 11 is 0. The van der Waals surface area contributed by atoms with E-state index in [9.17, 15) is 0 Å². The molecule has 0 aliphatic carbocycles. The topological polar surface area (TPSA) is 27.7 Å². The number of hydrogen-bond acceptors (Lipinski definition) is 3. The highest BCUT2D eigenvalue weighted by molar-refractivity contribution is 5.92. The first-order valence-electron chi connectivity index (χ1n) is 9.41. The predicted octanol–water partition coefficient (Wildman–Crippen LogP) is 5.66. The highest BCUT2D eigenvalue weighted by atomic mass is 16.5. The van der Waals surface area contributed by atoms with Crippen LogP contribution in [0.3, 0.4) is 0 Å². The Labute approximate surface area is 157 Å². The summed E-state index contributed by atoms with van der Waals surface area (Å²) in [5.74, 6) is 3.28. The fourth-order valence-electron chi connectivity index (χ4n) is 4.34. The quantitative estimate of drug-likeness (QED) is 0.465. The van der Waals surface area contributed by atoms with Gasteiger partial charge in [0.2, 0.25) is 0 Å². The number of fused-ring (bicyclic) bond motifs is 6. The number of rotatable bonds is 2. The van der Waals surface area contributed by atoms with Crippen molar-refractivity contribution in [2.24, 2.45) is 0 Å². The third kappa shape index (κ3) is 2.21. The Balaban J connectivity index is 1.55. The molecule has 2 aliphatic heterocycles. The summed E-state index contributed by atoms with van der Waals surface area (Å²) in [6.45, 7) is 1.40. The average molecular weight is 354 g/mol. The van der Waals surface area contributed by atoms with Crippen LogP contribution in [0.15, 0.2) is 60.7 Å². The third-order valence-electron chi connectivity index (χ3n) is 5.56. The molecule has 0 saturated heterocycles. The molecule has 0 bridgehead atoms. The van der Waals surface area contributed by atoms with E-state index in [-0.39, 0.29) is 0 Å². The smallest absolute Gasteiger partial charge is 0.170 e. The minimum atomic E-state index is 0.700. The molecular weight excluding hydrogens is 336 g/mol. The van der Waals surface area contributed by atoms with Crippen molar-refractivity contribution in [2.75, 3.05) is 13.2 Å². The predicted molar refractivity (Wildman–Crippen MR) is 106 cm³/mol. The van der Waals surface area contributed by atoms with Crippen LogP contribution in [0.1, 0.15) is 11.1 Å².